The van der Waals surface area contributed by atoms with E-state index < -0.39 is 0 Å². The lowest BCUT2D eigenvalue weighted by Gasteiger charge is -1.89. The van der Waals surface area contributed by atoms with E-state index in [9.17, 15) is 0 Å². The molecular formula is C6H9N2S. The van der Waals surface area contributed by atoms with Crippen LogP contribution in [0.4, 0.5) is 0 Å². The molecule has 3 heteroatoms. The van der Waals surface area contributed by atoms with Crippen molar-refractivity contribution in [3.05, 3.63) is 19.2 Å². The van der Waals surface area contributed by atoms with Gasteiger partial charge in [-0.05, 0) is 18.2 Å². The van der Waals surface area contributed by atoms with E-state index in [1.807, 2.05) is 12.3 Å². The molecule has 1 heterocycles. The average Bonchev–Trinajstić information content (AvgIpc) is 2.34. The zero-order chi connectivity index (χ0) is 6.53. The molecule has 0 aliphatic heterocycles. The lowest BCUT2D eigenvalue weighted by atomic mass is 10.6. The summed E-state index contributed by atoms with van der Waals surface area (Å²) in [5.41, 5.74) is 0. The fourth-order valence-electron chi connectivity index (χ4n) is 0.504. The lowest BCUT2D eigenvalue weighted by Crippen LogP contribution is -1.74. The van der Waals surface area contributed by atoms with Gasteiger partial charge in [-0.25, -0.2) is 0 Å². The topological polar surface area (TPSA) is 28.7 Å². The largest absolute Gasteiger partial charge is 0.285 e. The van der Waals surface area contributed by atoms with E-state index >= 15 is 0 Å². The molecule has 0 fully saturated rings. The Labute approximate surface area is 59.0 Å². The summed E-state index contributed by atoms with van der Waals surface area (Å²) >= 11 is 1.72. The van der Waals surface area contributed by atoms with Crippen molar-refractivity contribution in [2.45, 2.75) is 11.4 Å². The second-order valence-corrected chi connectivity index (χ2v) is 2.73. The van der Waals surface area contributed by atoms with E-state index in [2.05, 4.69) is 17.1 Å². The first-order valence-corrected chi connectivity index (χ1v) is 3.84. The first kappa shape index (κ1) is 6.68. The summed E-state index contributed by atoms with van der Waals surface area (Å²) in [6, 6.07) is 1.96. The predicted molar refractivity (Wildman–Crippen MR) is 39.3 cm³/mol. The number of H-pyrrole nitrogens is 1. The predicted octanol–water partition coefficient (Wildman–Crippen LogP) is 1.73. The van der Waals surface area contributed by atoms with Gasteiger partial charge in [0.15, 0.2) is 0 Å². The van der Waals surface area contributed by atoms with Crippen LogP contribution in [0.25, 0.3) is 0 Å². The highest BCUT2D eigenvalue weighted by Gasteiger charge is 1.91. The molecule has 0 amide bonds. The Morgan fingerprint density at radius 2 is 2.67 bits per heavy atom. The third-order valence-electron chi connectivity index (χ3n) is 0.869. The van der Waals surface area contributed by atoms with Crippen LogP contribution < -0.4 is 0 Å². The van der Waals surface area contributed by atoms with Crippen LogP contribution in [0.3, 0.4) is 0 Å². The number of thioether (sulfide) groups is 1. The minimum Gasteiger partial charge on any atom is -0.285 e. The molecular weight excluding hydrogens is 132 g/mol. The quantitative estimate of drug-likeness (QED) is 0.649. The van der Waals surface area contributed by atoms with Crippen molar-refractivity contribution in [2.24, 2.45) is 0 Å². The molecule has 1 N–H and O–H groups in total. The fraction of sp³-hybridized carbons (Fsp3) is 0.333. The van der Waals surface area contributed by atoms with Crippen LogP contribution in [-0.4, -0.2) is 16.0 Å². The van der Waals surface area contributed by atoms with E-state index in [0.717, 1.165) is 17.2 Å². The third kappa shape index (κ3) is 2.10. The van der Waals surface area contributed by atoms with Gasteiger partial charge < -0.3 is 0 Å². The Balaban J connectivity index is 2.30. The van der Waals surface area contributed by atoms with E-state index in [1.165, 1.54) is 0 Å². The van der Waals surface area contributed by atoms with E-state index in [4.69, 9.17) is 0 Å². The first-order chi connectivity index (χ1) is 4.43. The van der Waals surface area contributed by atoms with E-state index in [-0.39, 0.29) is 0 Å². The molecule has 1 aromatic rings. The zero-order valence-corrected chi connectivity index (χ0v) is 5.95. The summed E-state index contributed by atoms with van der Waals surface area (Å²) in [5.74, 6) is 1.05. The minimum absolute atomic E-state index is 0.956. The summed E-state index contributed by atoms with van der Waals surface area (Å²) in [7, 11) is 0. The van der Waals surface area contributed by atoms with Crippen molar-refractivity contribution in [1.29, 1.82) is 0 Å². The van der Waals surface area contributed by atoms with Crippen LogP contribution in [0.2, 0.25) is 0 Å². The Kier molecular flexibility index (Phi) is 2.64. The normalized spacial score (nSPS) is 9.89. The molecule has 1 radical (unpaired) electrons. The SMILES string of the molecule is [CH2]CCSc1cc[nH]n1. The van der Waals surface area contributed by atoms with E-state index in [0.29, 0.717) is 0 Å². The van der Waals surface area contributed by atoms with Crippen LogP contribution in [0.1, 0.15) is 6.42 Å². The molecule has 0 aliphatic rings. The second-order valence-electron chi connectivity index (χ2n) is 1.61. The summed E-state index contributed by atoms with van der Waals surface area (Å²) < 4.78 is 0. The van der Waals surface area contributed by atoms with Crippen molar-refractivity contribution in [1.82, 2.24) is 10.2 Å². The monoisotopic (exact) mass is 141 g/mol. The molecule has 0 saturated carbocycles. The van der Waals surface area contributed by atoms with Crippen LogP contribution in [0.5, 0.6) is 0 Å². The van der Waals surface area contributed by atoms with Gasteiger partial charge in [-0.15, -0.1) is 11.8 Å². The Morgan fingerprint density at radius 1 is 1.78 bits per heavy atom. The molecule has 0 bridgehead atoms. The second kappa shape index (κ2) is 3.56. The van der Waals surface area contributed by atoms with Gasteiger partial charge in [-0.3, -0.25) is 5.10 Å². The number of aromatic nitrogens is 2. The third-order valence-corrected chi connectivity index (χ3v) is 1.89. The van der Waals surface area contributed by atoms with Crippen molar-refractivity contribution in [2.75, 3.05) is 5.75 Å². The molecule has 49 valence electrons. The van der Waals surface area contributed by atoms with Crippen molar-refractivity contribution < 1.29 is 0 Å². The maximum Gasteiger partial charge on any atom is 0.118 e. The molecule has 0 unspecified atom stereocenters. The molecule has 1 rings (SSSR count). The number of aromatic amines is 1. The smallest absolute Gasteiger partial charge is 0.118 e. The molecule has 1 aromatic heterocycles. The van der Waals surface area contributed by atoms with E-state index in [1.54, 1.807) is 11.8 Å². The highest BCUT2D eigenvalue weighted by molar-refractivity contribution is 7.99. The Morgan fingerprint density at radius 3 is 3.22 bits per heavy atom. The van der Waals surface area contributed by atoms with Gasteiger partial charge in [0, 0.05) is 6.20 Å². The zero-order valence-electron chi connectivity index (χ0n) is 5.13. The Hall–Kier alpha value is -0.440. The molecule has 9 heavy (non-hydrogen) atoms. The molecule has 0 aromatic carbocycles. The number of rotatable bonds is 3. The summed E-state index contributed by atoms with van der Waals surface area (Å²) in [5, 5.41) is 7.77. The summed E-state index contributed by atoms with van der Waals surface area (Å²) in [6.07, 6.45) is 2.78. The first-order valence-electron chi connectivity index (χ1n) is 2.85. The molecule has 0 aliphatic carbocycles. The molecule has 0 saturated heterocycles. The maximum atomic E-state index is 3.96. The summed E-state index contributed by atoms with van der Waals surface area (Å²) in [4.78, 5) is 0. The average molecular weight is 141 g/mol. The van der Waals surface area contributed by atoms with Gasteiger partial charge in [0.2, 0.25) is 0 Å². The van der Waals surface area contributed by atoms with Crippen LogP contribution >= 0.6 is 11.8 Å². The van der Waals surface area contributed by atoms with Gasteiger partial charge in [-0.1, -0.05) is 6.92 Å². The molecule has 0 atom stereocenters. The highest BCUT2D eigenvalue weighted by Crippen LogP contribution is 2.13. The Bertz CT molecular complexity index is 148. The molecule has 0 spiro atoms. The van der Waals surface area contributed by atoms with Gasteiger partial charge in [0.25, 0.3) is 0 Å². The van der Waals surface area contributed by atoms with Crippen molar-refractivity contribution in [3.63, 3.8) is 0 Å². The summed E-state index contributed by atoms with van der Waals surface area (Å²) in [6.45, 7) is 3.73. The number of hydrogen-bond donors (Lipinski definition) is 1. The number of nitrogens with one attached hydrogen (secondary N) is 1. The van der Waals surface area contributed by atoms with Gasteiger partial charge >= 0.3 is 0 Å². The number of hydrogen-bond acceptors (Lipinski definition) is 2. The maximum absolute atomic E-state index is 3.96. The van der Waals surface area contributed by atoms with Crippen molar-refractivity contribution >= 4 is 11.8 Å². The van der Waals surface area contributed by atoms with Gasteiger partial charge in [-0.2, -0.15) is 5.10 Å². The van der Waals surface area contributed by atoms with Gasteiger partial charge in [0.1, 0.15) is 5.03 Å². The van der Waals surface area contributed by atoms with Crippen molar-refractivity contribution in [3.8, 4) is 0 Å². The van der Waals surface area contributed by atoms with Crippen LogP contribution in [-0.2, 0) is 0 Å². The molecule has 2 nitrogen and oxygen atoms in total. The highest BCUT2D eigenvalue weighted by atomic mass is 32.2. The van der Waals surface area contributed by atoms with Crippen LogP contribution in [0.15, 0.2) is 17.3 Å². The minimum atomic E-state index is 0.956. The number of nitrogens with zero attached hydrogens (tertiary/aromatic N) is 1. The lowest BCUT2D eigenvalue weighted by molar-refractivity contribution is 1.00. The standard InChI is InChI=1S/C6H9N2S/c1-2-5-9-6-3-4-7-8-6/h3-4H,1-2,5H2,(H,7,8). The fourth-order valence-corrected chi connectivity index (χ4v) is 1.14. The van der Waals surface area contributed by atoms with Crippen LogP contribution in [0, 0.1) is 6.92 Å². The van der Waals surface area contributed by atoms with Gasteiger partial charge in [0.05, 0.1) is 0 Å².